The van der Waals surface area contributed by atoms with Crippen molar-refractivity contribution in [2.75, 3.05) is 40.0 Å². The Morgan fingerprint density at radius 1 is 1.37 bits per heavy atom. The highest BCUT2D eigenvalue weighted by molar-refractivity contribution is 5.48. The summed E-state index contributed by atoms with van der Waals surface area (Å²) in [6.45, 7) is 5.50. The number of methoxy groups -OCH3 is 1. The third-order valence-electron chi connectivity index (χ3n) is 4.02. The van der Waals surface area contributed by atoms with Crippen molar-refractivity contribution in [3.8, 4) is 5.75 Å². The van der Waals surface area contributed by atoms with Crippen molar-refractivity contribution in [3.05, 3.63) is 23.8 Å². The SMILES string of the molecule is COc1cc(N)ccc1CN1CC(C)C(N(C)C)C1. The Labute approximate surface area is 116 Å². The van der Waals surface area contributed by atoms with E-state index in [1.807, 2.05) is 12.1 Å². The molecule has 0 aliphatic carbocycles. The average Bonchev–Trinajstić information content (AvgIpc) is 2.72. The number of hydrogen-bond acceptors (Lipinski definition) is 4. The number of nitrogens with two attached hydrogens (primary N) is 1. The largest absolute Gasteiger partial charge is 0.496 e. The number of ether oxygens (including phenoxy) is 1. The molecule has 2 unspecified atom stereocenters. The van der Waals surface area contributed by atoms with Gasteiger partial charge in [-0.2, -0.15) is 0 Å². The van der Waals surface area contributed by atoms with E-state index in [2.05, 4.69) is 36.9 Å². The Morgan fingerprint density at radius 2 is 2.11 bits per heavy atom. The van der Waals surface area contributed by atoms with E-state index >= 15 is 0 Å². The maximum Gasteiger partial charge on any atom is 0.125 e. The highest BCUT2D eigenvalue weighted by Crippen LogP contribution is 2.26. The van der Waals surface area contributed by atoms with Crippen LogP contribution in [0.2, 0.25) is 0 Å². The molecule has 0 spiro atoms. The number of rotatable bonds is 4. The second kappa shape index (κ2) is 5.80. The van der Waals surface area contributed by atoms with Gasteiger partial charge in [0.15, 0.2) is 0 Å². The van der Waals surface area contributed by atoms with Gasteiger partial charge in [-0.05, 0) is 26.1 Å². The molecule has 0 saturated carbocycles. The molecule has 1 aliphatic heterocycles. The molecule has 2 rings (SSSR count). The molecule has 0 aromatic heterocycles. The lowest BCUT2D eigenvalue weighted by Gasteiger charge is -2.22. The second-order valence-electron chi connectivity index (χ2n) is 5.77. The zero-order valence-corrected chi connectivity index (χ0v) is 12.4. The zero-order chi connectivity index (χ0) is 14.0. The van der Waals surface area contributed by atoms with Crippen molar-refractivity contribution < 1.29 is 4.74 Å². The summed E-state index contributed by atoms with van der Waals surface area (Å²) in [6, 6.07) is 6.56. The normalized spacial score (nSPS) is 24.1. The van der Waals surface area contributed by atoms with Crippen LogP contribution in [0.5, 0.6) is 5.75 Å². The van der Waals surface area contributed by atoms with Crippen molar-refractivity contribution in [1.29, 1.82) is 0 Å². The summed E-state index contributed by atoms with van der Waals surface area (Å²) in [7, 11) is 6.02. The van der Waals surface area contributed by atoms with Gasteiger partial charge in [0, 0.05) is 43.0 Å². The van der Waals surface area contributed by atoms with Crippen molar-refractivity contribution in [2.45, 2.75) is 19.5 Å². The van der Waals surface area contributed by atoms with E-state index in [4.69, 9.17) is 10.5 Å². The number of nitrogen functional groups attached to an aromatic ring is 1. The summed E-state index contributed by atoms with van der Waals surface area (Å²) in [4.78, 5) is 4.81. The number of benzene rings is 1. The molecule has 1 heterocycles. The Bertz CT molecular complexity index is 433. The Hall–Kier alpha value is -1.26. The molecule has 0 radical (unpaired) electrons. The third-order valence-corrected chi connectivity index (χ3v) is 4.02. The van der Waals surface area contributed by atoms with Gasteiger partial charge in [-0.15, -0.1) is 0 Å². The van der Waals surface area contributed by atoms with Crippen LogP contribution in [-0.2, 0) is 6.54 Å². The van der Waals surface area contributed by atoms with Gasteiger partial charge in [-0.25, -0.2) is 0 Å². The van der Waals surface area contributed by atoms with Crippen molar-refractivity contribution >= 4 is 5.69 Å². The maximum absolute atomic E-state index is 5.79. The minimum absolute atomic E-state index is 0.639. The molecule has 19 heavy (non-hydrogen) atoms. The summed E-state index contributed by atoms with van der Waals surface area (Å²) in [5, 5.41) is 0. The van der Waals surface area contributed by atoms with Crippen LogP contribution in [0.15, 0.2) is 18.2 Å². The van der Waals surface area contributed by atoms with Gasteiger partial charge >= 0.3 is 0 Å². The molecule has 1 aromatic rings. The minimum atomic E-state index is 0.639. The first-order valence-electron chi connectivity index (χ1n) is 6.82. The minimum Gasteiger partial charge on any atom is -0.496 e. The lowest BCUT2D eigenvalue weighted by atomic mass is 10.1. The van der Waals surface area contributed by atoms with Crippen molar-refractivity contribution in [1.82, 2.24) is 9.80 Å². The van der Waals surface area contributed by atoms with Gasteiger partial charge in [0.25, 0.3) is 0 Å². The van der Waals surface area contributed by atoms with Crippen LogP contribution in [0.25, 0.3) is 0 Å². The Kier molecular flexibility index (Phi) is 4.32. The fourth-order valence-corrected chi connectivity index (χ4v) is 2.98. The van der Waals surface area contributed by atoms with Gasteiger partial charge in [0.2, 0.25) is 0 Å². The first-order valence-corrected chi connectivity index (χ1v) is 6.82. The number of hydrogen-bond donors (Lipinski definition) is 1. The Morgan fingerprint density at radius 3 is 2.68 bits per heavy atom. The van der Waals surface area contributed by atoms with E-state index in [1.54, 1.807) is 7.11 Å². The fraction of sp³-hybridized carbons (Fsp3) is 0.600. The molecule has 0 bridgehead atoms. The van der Waals surface area contributed by atoms with Crippen molar-refractivity contribution in [3.63, 3.8) is 0 Å². The third kappa shape index (κ3) is 3.19. The summed E-state index contributed by atoms with van der Waals surface area (Å²) in [5.41, 5.74) is 7.76. The van der Waals surface area contributed by atoms with E-state index in [-0.39, 0.29) is 0 Å². The molecular weight excluding hydrogens is 238 g/mol. The lowest BCUT2D eigenvalue weighted by Crippen LogP contribution is -2.34. The van der Waals surface area contributed by atoms with Gasteiger partial charge < -0.3 is 15.4 Å². The summed E-state index contributed by atoms with van der Waals surface area (Å²) < 4.78 is 5.42. The summed E-state index contributed by atoms with van der Waals surface area (Å²) >= 11 is 0. The smallest absolute Gasteiger partial charge is 0.125 e. The molecule has 2 atom stereocenters. The number of anilines is 1. The quantitative estimate of drug-likeness (QED) is 0.839. The van der Waals surface area contributed by atoms with Gasteiger partial charge in [-0.3, -0.25) is 4.90 Å². The first kappa shape index (κ1) is 14.2. The Balaban J connectivity index is 2.06. The molecule has 2 N–H and O–H groups in total. The van der Waals surface area contributed by atoms with Crippen LogP contribution in [0.4, 0.5) is 5.69 Å². The van der Waals surface area contributed by atoms with E-state index in [0.717, 1.165) is 31.1 Å². The van der Waals surface area contributed by atoms with Crippen LogP contribution in [0.3, 0.4) is 0 Å². The van der Waals surface area contributed by atoms with Crippen LogP contribution in [0.1, 0.15) is 12.5 Å². The predicted molar refractivity (Wildman–Crippen MR) is 79.3 cm³/mol. The molecule has 4 nitrogen and oxygen atoms in total. The highest BCUT2D eigenvalue weighted by atomic mass is 16.5. The molecule has 1 aromatic carbocycles. The van der Waals surface area contributed by atoms with E-state index in [0.29, 0.717) is 12.0 Å². The number of nitrogens with zero attached hydrogens (tertiary/aromatic N) is 2. The van der Waals surface area contributed by atoms with Crippen LogP contribution in [-0.4, -0.2) is 50.1 Å². The molecule has 0 amide bonds. The van der Waals surface area contributed by atoms with Crippen molar-refractivity contribution in [2.24, 2.45) is 5.92 Å². The van der Waals surface area contributed by atoms with Crippen LogP contribution < -0.4 is 10.5 Å². The number of likely N-dealkylation sites (N-methyl/N-ethyl adjacent to an activating group) is 1. The van der Waals surface area contributed by atoms with Gasteiger partial charge in [-0.1, -0.05) is 13.0 Å². The topological polar surface area (TPSA) is 41.7 Å². The molecular formula is C15H25N3O. The molecule has 1 fully saturated rings. The van der Waals surface area contributed by atoms with E-state index < -0.39 is 0 Å². The standard InChI is InChI=1S/C15H25N3O/c1-11-8-18(10-14(11)17(2)3)9-12-5-6-13(16)7-15(12)19-4/h5-7,11,14H,8-10,16H2,1-4H3. The van der Waals surface area contributed by atoms with E-state index in [9.17, 15) is 0 Å². The second-order valence-corrected chi connectivity index (χ2v) is 5.77. The fourth-order valence-electron chi connectivity index (χ4n) is 2.98. The zero-order valence-electron chi connectivity index (χ0n) is 12.4. The average molecular weight is 263 g/mol. The molecule has 1 saturated heterocycles. The molecule has 4 heteroatoms. The summed E-state index contributed by atoms with van der Waals surface area (Å²) in [5.74, 6) is 1.59. The molecule has 106 valence electrons. The lowest BCUT2D eigenvalue weighted by molar-refractivity contribution is 0.249. The molecule has 1 aliphatic rings. The predicted octanol–water partition coefficient (Wildman–Crippen LogP) is 1.66. The van der Waals surface area contributed by atoms with Gasteiger partial charge in [0.1, 0.15) is 5.75 Å². The maximum atomic E-state index is 5.79. The summed E-state index contributed by atoms with van der Waals surface area (Å²) in [6.07, 6.45) is 0. The number of likely N-dealkylation sites (tertiary alicyclic amines) is 1. The van der Waals surface area contributed by atoms with Crippen LogP contribution >= 0.6 is 0 Å². The monoisotopic (exact) mass is 263 g/mol. The van der Waals surface area contributed by atoms with Crippen LogP contribution in [0, 0.1) is 5.92 Å². The highest BCUT2D eigenvalue weighted by Gasteiger charge is 2.31. The first-order chi connectivity index (χ1) is 9.01. The van der Waals surface area contributed by atoms with E-state index in [1.165, 1.54) is 5.56 Å². The van der Waals surface area contributed by atoms with Gasteiger partial charge in [0.05, 0.1) is 7.11 Å².